The Hall–Kier alpha value is -4.08. The molecule has 0 spiro atoms. The molecule has 10 heteroatoms. The molecule has 0 saturated heterocycles. The Morgan fingerprint density at radius 3 is 2.37 bits per heavy atom. The average molecular weight is 413 g/mol. The number of primary amides is 1. The number of hydrogen-bond donors (Lipinski definition) is 3. The summed E-state index contributed by atoms with van der Waals surface area (Å²) in [7, 11) is 1.49. The molecule has 0 atom stereocenters. The lowest BCUT2D eigenvalue weighted by Gasteiger charge is -2.17. The summed E-state index contributed by atoms with van der Waals surface area (Å²) in [6.07, 6.45) is 1.19. The lowest BCUT2D eigenvalue weighted by molar-refractivity contribution is 0.0958. The number of imidazole rings is 1. The van der Waals surface area contributed by atoms with E-state index >= 15 is 0 Å². The number of halogens is 2. The van der Waals surface area contributed by atoms with Crippen molar-refractivity contribution in [3.8, 4) is 0 Å². The molecule has 0 saturated carbocycles. The van der Waals surface area contributed by atoms with Crippen LogP contribution in [0, 0.1) is 18.6 Å². The Morgan fingerprint density at radius 1 is 1.10 bits per heavy atom. The molecule has 4 N–H and O–H groups in total. The summed E-state index contributed by atoms with van der Waals surface area (Å²) in [5.41, 5.74) is 6.13. The summed E-state index contributed by atoms with van der Waals surface area (Å²) in [5.74, 6) is -4.12. The van der Waals surface area contributed by atoms with Gasteiger partial charge in [0.05, 0.1) is 6.33 Å². The number of anilines is 2. The summed E-state index contributed by atoms with van der Waals surface area (Å²) in [5, 5.41) is 2.58. The smallest absolute Gasteiger partial charge is 0.279 e. The number of aromatic amines is 1. The van der Waals surface area contributed by atoms with Gasteiger partial charge in [0.25, 0.3) is 17.7 Å². The minimum absolute atomic E-state index is 0.00258. The van der Waals surface area contributed by atoms with Crippen molar-refractivity contribution in [2.75, 3.05) is 17.3 Å². The Bertz CT molecular complexity index is 1140. The number of benzene rings is 2. The third kappa shape index (κ3) is 4.02. The summed E-state index contributed by atoms with van der Waals surface area (Å²) >= 11 is 0. The van der Waals surface area contributed by atoms with Crippen molar-refractivity contribution in [3.63, 3.8) is 0 Å². The molecule has 0 fully saturated rings. The van der Waals surface area contributed by atoms with Gasteiger partial charge in [0.1, 0.15) is 5.69 Å². The summed E-state index contributed by atoms with van der Waals surface area (Å²) in [6, 6.07) is 7.96. The van der Waals surface area contributed by atoms with Gasteiger partial charge in [-0.1, -0.05) is 0 Å². The van der Waals surface area contributed by atoms with Crippen LogP contribution >= 0.6 is 0 Å². The molecule has 3 aromatic rings. The first-order chi connectivity index (χ1) is 14.2. The highest BCUT2D eigenvalue weighted by molar-refractivity contribution is 6.11. The molecular weight excluding hydrogens is 396 g/mol. The number of aromatic nitrogens is 2. The van der Waals surface area contributed by atoms with Crippen molar-refractivity contribution >= 4 is 29.1 Å². The first-order valence-corrected chi connectivity index (χ1v) is 8.67. The predicted octanol–water partition coefficient (Wildman–Crippen LogP) is 2.62. The number of aryl methyl sites for hydroxylation is 1. The molecule has 1 heterocycles. The number of hydrogen-bond acceptors (Lipinski definition) is 4. The highest BCUT2D eigenvalue weighted by atomic mass is 19.2. The van der Waals surface area contributed by atoms with E-state index in [-0.39, 0.29) is 22.5 Å². The zero-order valence-corrected chi connectivity index (χ0v) is 16.0. The molecule has 0 aliphatic heterocycles. The standard InChI is InChI=1S/C20H17F2N5O3/c1-10-7-14(21)15(22)8-13(10)19(29)26-11-3-5-12(6-4-11)27(2)20(30)17-16(18(23)28)24-9-25-17/h3-9H,1-2H3,(H2,23,28)(H,24,25)(H,26,29). The second kappa shape index (κ2) is 8.11. The van der Waals surface area contributed by atoms with Crippen LogP contribution in [0.1, 0.15) is 36.9 Å². The molecule has 1 aromatic heterocycles. The molecule has 0 radical (unpaired) electrons. The summed E-state index contributed by atoms with van der Waals surface area (Å²) in [4.78, 5) is 43.9. The van der Waals surface area contributed by atoms with Crippen LogP contribution in [-0.2, 0) is 0 Å². The van der Waals surface area contributed by atoms with Crippen molar-refractivity contribution < 1.29 is 23.2 Å². The molecule has 0 bridgehead atoms. The number of amides is 3. The third-order valence-electron chi connectivity index (χ3n) is 4.42. The molecule has 2 aromatic carbocycles. The fourth-order valence-electron chi connectivity index (χ4n) is 2.78. The Morgan fingerprint density at radius 2 is 1.73 bits per heavy atom. The number of nitrogens with two attached hydrogens (primary N) is 1. The highest BCUT2D eigenvalue weighted by Gasteiger charge is 2.22. The number of nitrogens with zero attached hydrogens (tertiary/aromatic N) is 2. The van der Waals surface area contributed by atoms with Gasteiger partial charge in [0, 0.05) is 24.0 Å². The largest absolute Gasteiger partial charge is 0.364 e. The summed E-state index contributed by atoms with van der Waals surface area (Å²) < 4.78 is 26.7. The lowest BCUT2D eigenvalue weighted by atomic mass is 10.1. The molecule has 8 nitrogen and oxygen atoms in total. The van der Waals surface area contributed by atoms with E-state index in [1.165, 1.54) is 37.3 Å². The quantitative estimate of drug-likeness (QED) is 0.595. The van der Waals surface area contributed by atoms with Gasteiger partial charge in [-0.3, -0.25) is 14.4 Å². The van der Waals surface area contributed by atoms with E-state index in [0.717, 1.165) is 12.1 Å². The van der Waals surface area contributed by atoms with Crippen molar-refractivity contribution in [1.82, 2.24) is 9.97 Å². The minimum atomic E-state index is -1.12. The van der Waals surface area contributed by atoms with Crippen LogP contribution in [0.3, 0.4) is 0 Å². The maximum Gasteiger partial charge on any atom is 0.279 e. The van der Waals surface area contributed by atoms with E-state index in [9.17, 15) is 23.2 Å². The fraction of sp³-hybridized carbons (Fsp3) is 0.100. The predicted molar refractivity (Wildman–Crippen MR) is 105 cm³/mol. The topological polar surface area (TPSA) is 121 Å². The van der Waals surface area contributed by atoms with Crippen molar-refractivity contribution in [3.05, 3.63) is 76.9 Å². The van der Waals surface area contributed by atoms with Gasteiger partial charge in [0.15, 0.2) is 17.3 Å². The number of rotatable bonds is 5. The number of carbonyl (C=O) groups excluding carboxylic acids is 3. The van der Waals surface area contributed by atoms with Crippen LogP contribution in [0.25, 0.3) is 0 Å². The zero-order chi connectivity index (χ0) is 22.0. The Balaban J connectivity index is 1.75. The summed E-state index contributed by atoms with van der Waals surface area (Å²) in [6.45, 7) is 1.50. The van der Waals surface area contributed by atoms with E-state index in [4.69, 9.17) is 5.73 Å². The molecule has 0 aliphatic carbocycles. The normalized spacial score (nSPS) is 10.5. The van der Waals surface area contributed by atoms with Gasteiger partial charge in [0.2, 0.25) is 0 Å². The van der Waals surface area contributed by atoms with E-state index < -0.39 is 29.4 Å². The van der Waals surface area contributed by atoms with Gasteiger partial charge in [-0.25, -0.2) is 13.8 Å². The second-order valence-electron chi connectivity index (χ2n) is 6.44. The molecule has 3 rings (SSSR count). The van der Waals surface area contributed by atoms with Crippen LogP contribution < -0.4 is 16.0 Å². The van der Waals surface area contributed by atoms with Crippen molar-refractivity contribution in [1.29, 1.82) is 0 Å². The Kier molecular flexibility index (Phi) is 5.58. The number of nitrogens with one attached hydrogen (secondary N) is 2. The van der Waals surface area contributed by atoms with Crippen LogP contribution in [0.15, 0.2) is 42.7 Å². The average Bonchev–Trinajstić information content (AvgIpc) is 3.20. The second-order valence-corrected chi connectivity index (χ2v) is 6.44. The minimum Gasteiger partial charge on any atom is -0.364 e. The van der Waals surface area contributed by atoms with Gasteiger partial charge >= 0.3 is 0 Å². The first kappa shape index (κ1) is 20.6. The van der Waals surface area contributed by atoms with Crippen LogP contribution in [-0.4, -0.2) is 34.7 Å². The van der Waals surface area contributed by atoms with Crippen molar-refractivity contribution in [2.24, 2.45) is 5.73 Å². The third-order valence-corrected chi connectivity index (χ3v) is 4.42. The molecule has 30 heavy (non-hydrogen) atoms. The van der Waals surface area contributed by atoms with Gasteiger partial charge < -0.3 is 20.9 Å². The van der Waals surface area contributed by atoms with E-state index in [1.807, 2.05) is 0 Å². The molecule has 3 amide bonds. The fourth-order valence-corrected chi connectivity index (χ4v) is 2.78. The van der Waals surface area contributed by atoms with Crippen LogP contribution in [0.5, 0.6) is 0 Å². The molecule has 0 unspecified atom stereocenters. The number of carbonyl (C=O) groups is 3. The molecule has 154 valence electrons. The van der Waals surface area contributed by atoms with Crippen molar-refractivity contribution in [2.45, 2.75) is 6.92 Å². The maximum atomic E-state index is 13.4. The molecule has 0 aliphatic rings. The highest BCUT2D eigenvalue weighted by Crippen LogP contribution is 2.21. The first-order valence-electron chi connectivity index (χ1n) is 8.67. The number of H-pyrrole nitrogens is 1. The monoisotopic (exact) mass is 413 g/mol. The molecular formula is C20H17F2N5O3. The lowest BCUT2D eigenvalue weighted by Crippen LogP contribution is -2.29. The van der Waals surface area contributed by atoms with E-state index in [0.29, 0.717) is 11.4 Å². The van der Waals surface area contributed by atoms with Crippen LogP contribution in [0.2, 0.25) is 0 Å². The van der Waals surface area contributed by atoms with Crippen LogP contribution in [0.4, 0.5) is 20.2 Å². The van der Waals surface area contributed by atoms with Gasteiger partial charge in [-0.2, -0.15) is 0 Å². The maximum absolute atomic E-state index is 13.4. The zero-order valence-electron chi connectivity index (χ0n) is 16.0. The Labute approximate surface area is 169 Å². The van der Waals surface area contributed by atoms with E-state index in [2.05, 4.69) is 15.3 Å². The van der Waals surface area contributed by atoms with Gasteiger partial charge in [-0.15, -0.1) is 0 Å². The van der Waals surface area contributed by atoms with E-state index in [1.54, 1.807) is 12.1 Å². The SMILES string of the molecule is Cc1cc(F)c(F)cc1C(=O)Nc1ccc(N(C)C(=O)c2nc[nH]c2C(N)=O)cc1. The van der Waals surface area contributed by atoms with Gasteiger partial charge in [-0.05, 0) is 48.9 Å².